The van der Waals surface area contributed by atoms with Gasteiger partial charge in [0.25, 0.3) is 0 Å². The Hall–Kier alpha value is -0.593. The molecule has 1 saturated heterocycles. The molecule has 1 saturated carbocycles. The van der Waals surface area contributed by atoms with Crippen LogP contribution in [0.5, 0.6) is 0 Å². The van der Waals surface area contributed by atoms with Crippen molar-refractivity contribution in [3.8, 4) is 0 Å². The molecule has 0 aromatic heterocycles. The third-order valence-electron chi connectivity index (χ3n) is 6.46. The Morgan fingerprint density at radius 3 is 2.30 bits per heavy atom. The zero-order valence-corrected chi connectivity index (χ0v) is 20.2. The zero-order chi connectivity index (χ0) is 20.9. The summed E-state index contributed by atoms with van der Waals surface area (Å²) in [5, 5.41) is 0.213. The van der Waals surface area contributed by atoms with Crippen LogP contribution in [0.25, 0.3) is 0 Å². The van der Waals surface area contributed by atoms with Crippen LogP contribution >= 0.6 is 0 Å². The second-order valence-electron chi connectivity index (χ2n) is 11.5. The molecule has 0 aromatic rings. The van der Waals surface area contributed by atoms with Crippen LogP contribution in [0.2, 0.25) is 18.1 Å². The van der Waals surface area contributed by atoms with E-state index in [1.807, 2.05) is 39.5 Å². The lowest BCUT2D eigenvalue weighted by atomic mass is 9.95. The molecule has 0 radical (unpaired) electrons. The Bertz CT molecular complexity index is 562. The Balaban J connectivity index is 2.10. The topological polar surface area (TPSA) is 48.0 Å². The average molecular weight is 400 g/mol. The highest BCUT2D eigenvalue weighted by Crippen LogP contribution is 2.48. The maximum absolute atomic E-state index is 13.0. The van der Waals surface area contributed by atoms with Gasteiger partial charge in [0.2, 0.25) is 0 Å². The lowest BCUT2D eigenvalue weighted by molar-refractivity contribution is -0.0690. The summed E-state index contributed by atoms with van der Waals surface area (Å²) in [6, 6.07) is 0. The van der Waals surface area contributed by atoms with Gasteiger partial charge in [0.15, 0.2) is 8.32 Å². The van der Waals surface area contributed by atoms with Gasteiger partial charge in [0.05, 0.1) is 12.1 Å². The third-order valence-corrected chi connectivity index (χ3v) is 11.0. The molecule has 0 unspecified atom stereocenters. The average Bonchev–Trinajstić information content (AvgIpc) is 2.95. The molecule has 158 valence electrons. The molecule has 1 spiro atoms. The quantitative estimate of drug-likeness (QED) is 0.584. The van der Waals surface area contributed by atoms with Crippen molar-refractivity contribution in [2.24, 2.45) is 5.92 Å². The zero-order valence-electron chi connectivity index (χ0n) is 19.2. The smallest absolute Gasteiger partial charge is 0.413 e. The molecule has 6 heteroatoms. The summed E-state index contributed by atoms with van der Waals surface area (Å²) in [7, 11) is -1.76. The van der Waals surface area contributed by atoms with E-state index in [4.69, 9.17) is 13.9 Å². The molecule has 1 amide bonds. The molecule has 1 aliphatic carbocycles. The maximum atomic E-state index is 13.0. The highest BCUT2D eigenvalue weighted by atomic mass is 28.4. The van der Waals surface area contributed by atoms with E-state index in [1.165, 1.54) is 0 Å². The van der Waals surface area contributed by atoms with E-state index in [-0.39, 0.29) is 16.7 Å². The van der Waals surface area contributed by atoms with E-state index in [0.717, 1.165) is 25.9 Å². The molecule has 2 aliphatic rings. The number of carbonyl (C=O) groups is 1. The number of hydrogen-bond donors (Lipinski definition) is 0. The molecule has 27 heavy (non-hydrogen) atoms. The van der Waals surface area contributed by atoms with Gasteiger partial charge in [-0.3, -0.25) is 4.90 Å². The van der Waals surface area contributed by atoms with Crippen LogP contribution < -0.4 is 0 Å². The number of nitrogens with zero attached hydrogens (tertiary/aromatic N) is 1. The van der Waals surface area contributed by atoms with Crippen molar-refractivity contribution in [1.82, 2.24) is 4.90 Å². The van der Waals surface area contributed by atoms with Crippen LogP contribution in [-0.4, -0.2) is 49.4 Å². The van der Waals surface area contributed by atoms with Gasteiger partial charge < -0.3 is 13.9 Å². The Morgan fingerprint density at radius 2 is 1.78 bits per heavy atom. The van der Waals surface area contributed by atoms with Crippen LogP contribution in [0.4, 0.5) is 4.79 Å². The summed E-state index contributed by atoms with van der Waals surface area (Å²) in [6.07, 6.45) is 2.66. The molecule has 2 fully saturated rings. The van der Waals surface area contributed by atoms with Crippen LogP contribution in [0.3, 0.4) is 0 Å². The standard InChI is InChI=1S/C21H41NO4Si/c1-18(2,3)26-17(23)22-20(7,8)24-15-21(22)12-11-16(13-21)14-25-27(9,10)19(4,5)6/h16H,11-15H2,1-10H3/t16-,21+/m1/s1. The summed E-state index contributed by atoms with van der Waals surface area (Å²) >= 11 is 0. The van der Waals surface area contributed by atoms with Gasteiger partial charge in [-0.1, -0.05) is 20.8 Å². The van der Waals surface area contributed by atoms with Crippen molar-refractivity contribution >= 4 is 14.4 Å². The van der Waals surface area contributed by atoms with Crippen molar-refractivity contribution in [2.45, 2.75) is 110 Å². The highest BCUT2D eigenvalue weighted by molar-refractivity contribution is 6.74. The first-order valence-corrected chi connectivity index (χ1v) is 13.2. The maximum Gasteiger partial charge on any atom is 0.413 e. The van der Waals surface area contributed by atoms with Crippen LogP contribution in [0.15, 0.2) is 0 Å². The first kappa shape index (κ1) is 22.7. The number of ether oxygens (including phenoxy) is 2. The van der Waals surface area contributed by atoms with Crippen LogP contribution in [0, 0.1) is 5.92 Å². The van der Waals surface area contributed by atoms with E-state index in [2.05, 4.69) is 33.9 Å². The molecular weight excluding hydrogens is 358 g/mol. The van der Waals surface area contributed by atoms with E-state index in [9.17, 15) is 4.79 Å². The van der Waals surface area contributed by atoms with Crippen molar-refractivity contribution in [1.29, 1.82) is 0 Å². The van der Waals surface area contributed by atoms with Crippen molar-refractivity contribution in [2.75, 3.05) is 13.2 Å². The van der Waals surface area contributed by atoms with E-state index < -0.39 is 19.6 Å². The van der Waals surface area contributed by atoms with Gasteiger partial charge in [-0.05, 0) is 77.9 Å². The minimum absolute atomic E-state index is 0.213. The summed E-state index contributed by atoms with van der Waals surface area (Å²) < 4.78 is 18.3. The van der Waals surface area contributed by atoms with Crippen molar-refractivity contribution in [3.63, 3.8) is 0 Å². The van der Waals surface area contributed by atoms with Gasteiger partial charge in [0, 0.05) is 6.61 Å². The Morgan fingerprint density at radius 1 is 1.19 bits per heavy atom. The predicted octanol–water partition coefficient (Wildman–Crippen LogP) is 5.55. The van der Waals surface area contributed by atoms with Crippen LogP contribution in [0.1, 0.15) is 74.7 Å². The number of amides is 1. The third kappa shape index (κ3) is 4.88. The van der Waals surface area contributed by atoms with Gasteiger partial charge >= 0.3 is 6.09 Å². The molecule has 0 N–H and O–H groups in total. The molecule has 0 bridgehead atoms. The van der Waals surface area contributed by atoms with Gasteiger partial charge in [0.1, 0.15) is 11.3 Å². The largest absolute Gasteiger partial charge is 0.444 e. The molecule has 1 heterocycles. The molecule has 5 nitrogen and oxygen atoms in total. The summed E-state index contributed by atoms with van der Waals surface area (Å²) in [4.78, 5) is 14.9. The minimum atomic E-state index is -1.76. The number of carbonyl (C=O) groups excluding carboxylic acids is 1. The van der Waals surface area contributed by atoms with Gasteiger partial charge in [-0.15, -0.1) is 0 Å². The highest BCUT2D eigenvalue weighted by Gasteiger charge is 2.58. The van der Waals surface area contributed by atoms with Gasteiger partial charge in [-0.25, -0.2) is 4.79 Å². The lowest BCUT2D eigenvalue weighted by Crippen LogP contribution is -2.56. The molecule has 2 rings (SSSR count). The van der Waals surface area contributed by atoms with Crippen molar-refractivity contribution in [3.05, 3.63) is 0 Å². The fourth-order valence-electron chi connectivity index (χ4n) is 3.97. The first-order valence-electron chi connectivity index (χ1n) is 10.3. The van der Waals surface area contributed by atoms with E-state index >= 15 is 0 Å². The Labute approximate surface area is 167 Å². The normalized spacial score (nSPS) is 28.8. The summed E-state index contributed by atoms with van der Waals surface area (Å²) in [5.74, 6) is 0.460. The lowest BCUT2D eigenvalue weighted by Gasteiger charge is -2.41. The minimum Gasteiger partial charge on any atom is -0.444 e. The predicted molar refractivity (Wildman–Crippen MR) is 111 cm³/mol. The summed E-state index contributed by atoms with van der Waals surface area (Å²) in [6.45, 7) is 22.4. The number of rotatable bonds is 3. The summed E-state index contributed by atoms with van der Waals surface area (Å²) in [5.41, 5.74) is -1.43. The molecular formula is C21H41NO4Si. The monoisotopic (exact) mass is 399 g/mol. The molecule has 2 atom stereocenters. The Kier molecular flexibility index (Phi) is 5.91. The van der Waals surface area contributed by atoms with Crippen LogP contribution in [-0.2, 0) is 13.9 Å². The van der Waals surface area contributed by atoms with E-state index in [0.29, 0.717) is 12.5 Å². The second-order valence-corrected chi connectivity index (χ2v) is 16.3. The fraction of sp³-hybridized carbons (Fsp3) is 0.952. The fourth-order valence-corrected chi connectivity index (χ4v) is 5.05. The first-order chi connectivity index (χ1) is 12.0. The number of hydrogen-bond acceptors (Lipinski definition) is 4. The molecule has 0 aromatic carbocycles. The van der Waals surface area contributed by atoms with Gasteiger partial charge in [-0.2, -0.15) is 0 Å². The van der Waals surface area contributed by atoms with E-state index in [1.54, 1.807) is 0 Å². The second kappa shape index (κ2) is 7.03. The SMILES string of the molecule is CC(C)(C)OC(=O)N1C(C)(C)OC[C@@]12CC[C@@H](CO[Si](C)(C)C(C)(C)C)C2. The molecule has 1 aliphatic heterocycles. The van der Waals surface area contributed by atoms with Crippen molar-refractivity contribution < 1.29 is 18.7 Å².